The van der Waals surface area contributed by atoms with Crippen LogP contribution in [0.5, 0.6) is 0 Å². The van der Waals surface area contributed by atoms with Gasteiger partial charge in [-0.3, -0.25) is 4.79 Å². The van der Waals surface area contributed by atoms with Crippen LogP contribution in [0.15, 0.2) is 0 Å². The number of carbonyl (C=O) groups is 1. The van der Waals surface area contributed by atoms with E-state index in [9.17, 15) is 9.90 Å². The van der Waals surface area contributed by atoms with Crippen LogP contribution in [0.3, 0.4) is 0 Å². The van der Waals surface area contributed by atoms with Crippen LogP contribution in [0, 0.1) is 11.3 Å². The quantitative estimate of drug-likeness (QED) is 0.600. The Morgan fingerprint density at radius 2 is 2.25 bits per heavy atom. The summed E-state index contributed by atoms with van der Waals surface area (Å²) >= 11 is 0. The number of rotatable bonds is 1. The van der Waals surface area contributed by atoms with Crippen molar-refractivity contribution in [2.24, 2.45) is 11.3 Å². The molecule has 0 spiro atoms. The first-order chi connectivity index (χ1) is 5.49. The maximum absolute atomic E-state index is 11.6. The largest absolute Gasteiger partial charge is 0.395 e. The third-order valence-electron chi connectivity index (χ3n) is 2.70. The van der Waals surface area contributed by atoms with E-state index in [2.05, 4.69) is 0 Å². The van der Waals surface area contributed by atoms with Gasteiger partial charge in [-0.25, -0.2) is 0 Å². The first-order valence-corrected chi connectivity index (χ1v) is 4.33. The molecule has 0 aromatic carbocycles. The first kappa shape index (κ1) is 9.68. The zero-order valence-electron chi connectivity index (χ0n) is 7.58. The first-order valence-electron chi connectivity index (χ1n) is 4.33. The van der Waals surface area contributed by atoms with Crippen molar-refractivity contribution in [2.45, 2.75) is 32.8 Å². The molecular weight excluding hydrogens is 156 g/mol. The Kier molecular flexibility index (Phi) is 2.54. The monoisotopic (exact) mass is 172 g/mol. The van der Waals surface area contributed by atoms with Gasteiger partial charge in [0.1, 0.15) is 5.78 Å². The Labute approximate surface area is 72.4 Å². The lowest BCUT2D eigenvalue weighted by atomic mass is 9.69. The second kappa shape index (κ2) is 3.15. The van der Waals surface area contributed by atoms with Crippen LogP contribution in [0.1, 0.15) is 26.7 Å². The Morgan fingerprint density at radius 3 is 2.75 bits per heavy atom. The molecule has 2 N–H and O–H groups in total. The highest BCUT2D eigenvalue weighted by Crippen LogP contribution is 2.35. The van der Waals surface area contributed by atoms with E-state index in [1.165, 1.54) is 0 Å². The molecule has 3 heteroatoms. The number of hydrogen-bond donors (Lipinski definition) is 2. The molecular formula is C9H16O3. The van der Waals surface area contributed by atoms with Crippen LogP contribution in [0.4, 0.5) is 0 Å². The van der Waals surface area contributed by atoms with E-state index in [0.29, 0.717) is 12.8 Å². The maximum Gasteiger partial charge on any atom is 0.144 e. The van der Waals surface area contributed by atoms with E-state index in [0.717, 1.165) is 0 Å². The molecule has 0 radical (unpaired) electrons. The molecule has 1 aliphatic rings. The summed E-state index contributed by atoms with van der Waals surface area (Å²) in [5, 5.41) is 18.4. The van der Waals surface area contributed by atoms with Crippen molar-refractivity contribution in [3.8, 4) is 0 Å². The van der Waals surface area contributed by atoms with Crippen LogP contribution in [0.2, 0.25) is 0 Å². The molecule has 3 nitrogen and oxygen atoms in total. The van der Waals surface area contributed by atoms with E-state index in [1.54, 1.807) is 13.8 Å². The highest BCUT2D eigenvalue weighted by molar-refractivity contribution is 5.87. The Morgan fingerprint density at radius 1 is 1.67 bits per heavy atom. The molecule has 0 saturated heterocycles. The van der Waals surface area contributed by atoms with Gasteiger partial charge in [-0.05, 0) is 12.8 Å². The van der Waals surface area contributed by atoms with E-state index in [-0.39, 0.29) is 18.3 Å². The van der Waals surface area contributed by atoms with E-state index in [4.69, 9.17) is 5.11 Å². The predicted octanol–water partition coefficient (Wildman–Crippen LogP) is 0.345. The fourth-order valence-electron chi connectivity index (χ4n) is 1.96. The molecule has 0 unspecified atom stereocenters. The number of aliphatic hydroxyl groups is 2. The molecule has 1 fully saturated rings. The molecule has 3 atom stereocenters. The van der Waals surface area contributed by atoms with E-state index >= 15 is 0 Å². The van der Waals surface area contributed by atoms with Crippen LogP contribution >= 0.6 is 0 Å². The van der Waals surface area contributed by atoms with Gasteiger partial charge >= 0.3 is 0 Å². The summed E-state index contributed by atoms with van der Waals surface area (Å²) in [6.07, 6.45) is 0.496. The molecule has 12 heavy (non-hydrogen) atoms. The topological polar surface area (TPSA) is 57.5 Å². The van der Waals surface area contributed by atoms with Crippen molar-refractivity contribution in [2.75, 3.05) is 6.61 Å². The zero-order chi connectivity index (χ0) is 9.35. The van der Waals surface area contributed by atoms with Crippen molar-refractivity contribution in [1.29, 1.82) is 0 Å². The Hall–Kier alpha value is -0.410. The van der Waals surface area contributed by atoms with Crippen LogP contribution in [-0.4, -0.2) is 28.7 Å². The highest BCUT2D eigenvalue weighted by Gasteiger charge is 2.42. The number of aliphatic hydroxyl groups excluding tert-OH is 2. The van der Waals surface area contributed by atoms with Crippen molar-refractivity contribution >= 4 is 5.78 Å². The zero-order valence-corrected chi connectivity index (χ0v) is 7.58. The van der Waals surface area contributed by atoms with Gasteiger partial charge in [-0.15, -0.1) is 0 Å². The van der Waals surface area contributed by atoms with Crippen LogP contribution < -0.4 is 0 Å². The van der Waals surface area contributed by atoms with Crippen molar-refractivity contribution in [3.05, 3.63) is 0 Å². The molecule has 1 aliphatic carbocycles. The minimum atomic E-state index is -0.711. The van der Waals surface area contributed by atoms with Gasteiger partial charge in [0.25, 0.3) is 0 Å². The second-order valence-electron chi connectivity index (χ2n) is 4.08. The van der Waals surface area contributed by atoms with Gasteiger partial charge in [0.05, 0.1) is 18.1 Å². The van der Waals surface area contributed by atoms with Crippen molar-refractivity contribution in [3.63, 3.8) is 0 Å². The van der Waals surface area contributed by atoms with Gasteiger partial charge in [-0.2, -0.15) is 0 Å². The lowest BCUT2D eigenvalue weighted by Crippen LogP contribution is -2.44. The summed E-state index contributed by atoms with van der Waals surface area (Å²) in [5.41, 5.74) is -0.711. The van der Waals surface area contributed by atoms with Gasteiger partial charge < -0.3 is 10.2 Å². The third-order valence-corrected chi connectivity index (χ3v) is 2.70. The van der Waals surface area contributed by atoms with Crippen molar-refractivity contribution in [1.82, 2.24) is 0 Å². The number of carbonyl (C=O) groups excluding carboxylic acids is 1. The molecule has 1 rings (SSSR count). The fourth-order valence-corrected chi connectivity index (χ4v) is 1.96. The van der Waals surface area contributed by atoms with Gasteiger partial charge in [0, 0.05) is 5.92 Å². The SMILES string of the molecule is C[C@@H]1C[C@@H](O)C[C@@](C)(CO)C1=O. The van der Waals surface area contributed by atoms with Gasteiger partial charge in [0.2, 0.25) is 0 Å². The molecule has 0 aromatic rings. The summed E-state index contributed by atoms with van der Waals surface area (Å²) in [4.78, 5) is 11.6. The smallest absolute Gasteiger partial charge is 0.144 e. The lowest BCUT2D eigenvalue weighted by Gasteiger charge is -2.36. The lowest BCUT2D eigenvalue weighted by molar-refractivity contribution is -0.141. The normalized spacial score (nSPS) is 43.2. The number of Topliss-reactive ketones (excluding diaryl/α,β-unsaturated/α-hetero) is 1. The van der Waals surface area contributed by atoms with Crippen LogP contribution in [-0.2, 0) is 4.79 Å². The molecule has 0 aromatic heterocycles. The molecule has 0 aliphatic heterocycles. The number of ketones is 1. The van der Waals surface area contributed by atoms with Crippen molar-refractivity contribution < 1.29 is 15.0 Å². The Bertz CT molecular complexity index is 190. The summed E-state index contributed by atoms with van der Waals surface area (Å²) in [6, 6.07) is 0. The average Bonchev–Trinajstić information content (AvgIpc) is 2.00. The summed E-state index contributed by atoms with van der Waals surface area (Å²) < 4.78 is 0. The third kappa shape index (κ3) is 1.52. The molecule has 70 valence electrons. The summed E-state index contributed by atoms with van der Waals surface area (Å²) in [5.74, 6) is -0.0406. The summed E-state index contributed by atoms with van der Waals surface area (Å²) in [6.45, 7) is 3.36. The molecule has 1 saturated carbocycles. The standard InChI is InChI=1S/C9H16O3/c1-6-3-7(11)4-9(2,5-10)8(6)12/h6-7,10-11H,3-5H2,1-2H3/t6-,7-,9+/m1/s1. The van der Waals surface area contributed by atoms with Gasteiger partial charge in [-0.1, -0.05) is 13.8 Å². The number of hydrogen-bond acceptors (Lipinski definition) is 3. The molecule has 0 bridgehead atoms. The Balaban J connectivity index is 2.79. The van der Waals surface area contributed by atoms with Gasteiger partial charge in [0.15, 0.2) is 0 Å². The highest BCUT2D eigenvalue weighted by atomic mass is 16.3. The average molecular weight is 172 g/mol. The predicted molar refractivity (Wildman–Crippen MR) is 44.6 cm³/mol. The van der Waals surface area contributed by atoms with E-state index < -0.39 is 11.5 Å². The van der Waals surface area contributed by atoms with E-state index in [1.807, 2.05) is 0 Å². The second-order valence-corrected chi connectivity index (χ2v) is 4.08. The summed E-state index contributed by atoms with van der Waals surface area (Å²) in [7, 11) is 0. The minimum Gasteiger partial charge on any atom is -0.395 e. The molecule has 0 heterocycles. The molecule has 0 amide bonds. The van der Waals surface area contributed by atoms with Crippen LogP contribution in [0.25, 0.3) is 0 Å². The fraction of sp³-hybridized carbons (Fsp3) is 0.889. The maximum atomic E-state index is 11.6. The minimum absolute atomic E-state index is 0.0790.